The molecule has 2 aliphatic rings. The molecule has 1 unspecified atom stereocenters. The molecule has 1 saturated heterocycles. The van der Waals surface area contributed by atoms with Crippen LogP contribution < -0.4 is 11.1 Å². The Bertz CT molecular complexity index is 913. The summed E-state index contributed by atoms with van der Waals surface area (Å²) < 4.78 is 15.4. The van der Waals surface area contributed by atoms with Gasteiger partial charge in [-0.15, -0.1) is 0 Å². The molecular formula is C19H23BrFN5O2. The number of hydrogen-bond acceptors (Lipinski definition) is 2. The summed E-state index contributed by atoms with van der Waals surface area (Å²) >= 11 is 3.35. The molecule has 1 atom stereocenters. The highest BCUT2D eigenvalue weighted by atomic mass is 79.9. The molecule has 4 rings (SSSR count). The van der Waals surface area contributed by atoms with Crippen LogP contribution in [0.3, 0.4) is 0 Å². The van der Waals surface area contributed by atoms with Crippen molar-refractivity contribution in [3.63, 3.8) is 0 Å². The first-order valence-corrected chi connectivity index (χ1v) is 10.3. The molecule has 2 heterocycles. The summed E-state index contributed by atoms with van der Waals surface area (Å²) in [5.74, 6) is -0.354. The fourth-order valence-electron chi connectivity index (χ4n) is 3.93. The fourth-order valence-corrected chi connectivity index (χ4v) is 4.29. The second kappa shape index (κ2) is 7.62. The van der Waals surface area contributed by atoms with Crippen molar-refractivity contribution in [3.05, 3.63) is 34.2 Å². The van der Waals surface area contributed by atoms with Crippen molar-refractivity contribution >= 4 is 38.9 Å². The number of fused-ring (bicyclic) bond motifs is 1. The Kier molecular flexibility index (Phi) is 5.18. The number of piperidine rings is 1. The van der Waals surface area contributed by atoms with Crippen molar-refractivity contribution < 1.29 is 14.0 Å². The summed E-state index contributed by atoms with van der Waals surface area (Å²) in [5.41, 5.74) is 6.45. The molecule has 4 amide bonds. The van der Waals surface area contributed by atoms with Crippen LogP contribution in [0.5, 0.6) is 0 Å². The van der Waals surface area contributed by atoms with Crippen molar-refractivity contribution in [1.82, 2.24) is 20.1 Å². The van der Waals surface area contributed by atoms with Crippen LogP contribution in [-0.4, -0.2) is 52.0 Å². The highest BCUT2D eigenvalue weighted by Gasteiger charge is 2.39. The number of nitrogens with one attached hydrogen (secondary N) is 2. The number of urea groups is 2. The summed E-state index contributed by atoms with van der Waals surface area (Å²) in [6.45, 7) is 1.16. The number of H-pyrrole nitrogens is 1. The van der Waals surface area contributed by atoms with E-state index in [0.717, 1.165) is 30.2 Å². The molecule has 28 heavy (non-hydrogen) atoms. The van der Waals surface area contributed by atoms with Crippen LogP contribution in [-0.2, 0) is 6.54 Å². The van der Waals surface area contributed by atoms with E-state index >= 15 is 0 Å². The van der Waals surface area contributed by atoms with Crippen LogP contribution in [0.2, 0.25) is 0 Å². The second-order valence-electron chi connectivity index (χ2n) is 7.48. The quantitative estimate of drug-likeness (QED) is 0.664. The van der Waals surface area contributed by atoms with Gasteiger partial charge in [-0.05, 0) is 43.9 Å². The summed E-state index contributed by atoms with van der Waals surface area (Å²) in [6, 6.07) is 4.79. The number of nitrogens with two attached hydrogens (primary N) is 1. The van der Waals surface area contributed by atoms with E-state index in [-0.39, 0.29) is 30.5 Å². The van der Waals surface area contributed by atoms with Crippen LogP contribution in [0, 0.1) is 5.82 Å². The van der Waals surface area contributed by atoms with E-state index in [1.807, 2.05) is 11.0 Å². The van der Waals surface area contributed by atoms with E-state index in [2.05, 4.69) is 26.2 Å². The molecule has 0 bridgehead atoms. The first kappa shape index (κ1) is 19.0. The van der Waals surface area contributed by atoms with E-state index in [1.165, 1.54) is 0 Å². The number of aromatic nitrogens is 1. The van der Waals surface area contributed by atoms with Gasteiger partial charge in [0.25, 0.3) is 0 Å². The molecule has 1 aromatic carbocycles. The van der Waals surface area contributed by atoms with Crippen LogP contribution in [0.25, 0.3) is 10.9 Å². The van der Waals surface area contributed by atoms with Gasteiger partial charge in [-0.25, -0.2) is 14.0 Å². The number of carbonyl (C=O) groups is 2. The van der Waals surface area contributed by atoms with Gasteiger partial charge in [-0.3, -0.25) is 0 Å². The molecule has 4 N–H and O–H groups in total. The number of hydrogen-bond donors (Lipinski definition) is 3. The van der Waals surface area contributed by atoms with Gasteiger partial charge in [0, 0.05) is 34.5 Å². The number of rotatable bonds is 4. The van der Waals surface area contributed by atoms with Crippen molar-refractivity contribution in [3.8, 4) is 0 Å². The van der Waals surface area contributed by atoms with Crippen LogP contribution in [0.4, 0.5) is 14.0 Å². The zero-order valence-electron chi connectivity index (χ0n) is 15.4. The van der Waals surface area contributed by atoms with Gasteiger partial charge in [0.05, 0.1) is 18.3 Å². The molecule has 9 heteroatoms. The number of likely N-dealkylation sites (tertiary alicyclic amines) is 1. The Balaban J connectivity index is 1.46. The van der Waals surface area contributed by atoms with E-state index < -0.39 is 6.03 Å². The smallest absolute Gasteiger partial charge is 0.318 e. The zero-order chi connectivity index (χ0) is 19.8. The van der Waals surface area contributed by atoms with Crippen molar-refractivity contribution in [2.75, 3.05) is 13.1 Å². The van der Waals surface area contributed by atoms with Gasteiger partial charge in [-0.2, -0.15) is 0 Å². The summed E-state index contributed by atoms with van der Waals surface area (Å²) in [7, 11) is 0. The number of primary amides is 1. The third kappa shape index (κ3) is 3.80. The maximum atomic E-state index is 14.7. The van der Waals surface area contributed by atoms with Gasteiger partial charge in [-0.1, -0.05) is 15.9 Å². The first-order chi connectivity index (χ1) is 13.4. The third-order valence-corrected chi connectivity index (χ3v) is 5.95. The van der Waals surface area contributed by atoms with E-state index in [9.17, 15) is 14.0 Å². The van der Waals surface area contributed by atoms with E-state index in [0.29, 0.717) is 29.7 Å². The molecule has 0 spiro atoms. The standard InChI is InChI=1S/C19H23BrFN5O2/c20-11-3-6-15-14(8-11)17(21)16(24-15)9-23-19(28)26(12-4-5-12)13-2-1-7-25(10-13)18(22)27/h3,6,8,12-13,24H,1-2,4-5,7,9-10H2,(H2,22,27)(H,23,28). The number of aromatic amines is 1. The average Bonchev–Trinajstić information content (AvgIpc) is 3.46. The van der Waals surface area contributed by atoms with Gasteiger partial charge < -0.3 is 25.8 Å². The largest absolute Gasteiger partial charge is 0.354 e. The predicted molar refractivity (Wildman–Crippen MR) is 107 cm³/mol. The Labute approximate surface area is 170 Å². The molecule has 1 saturated carbocycles. The summed E-state index contributed by atoms with van der Waals surface area (Å²) in [4.78, 5) is 30.9. The molecule has 1 aromatic heterocycles. The Morgan fingerprint density at radius 2 is 2.11 bits per heavy atom. The minimum Gasteiger partial charge on any atom is -0.354 e. The van der Waals surface area contributed by atoms with Gasteiger partial charge in [0.2, 0.25) is 0 Å². The zero-order valence-corrected chi connectivity index (χ0v) is 17.0. The SMILES string of the molecule is NC(=O)N1CCCC(N(C(=O)NCc2[nH]c3ccc(Br)cc3c2F)C2CC2)C1. The molecule has 0 radical (unpaired) electrons. The van der Waals surface area contributed by atoms with Crippen molar-refractivity contribution in [2.45, 2.75) is 44.3 Å². The highest BCUT2D eigenvalue weighted by Crippen LogP contribution is 2.31. The number of carbonyl (C=O) groups excluding carboxylic acids is 2. The number of nitrogens with zero attached hydrogens (tertiary/aromatic N) is 2. The molecule has 1 aliphatic carbocycles. The lowest BCUT2D eigenvalue weighted by Crippen LogP contribution is -2.55. The Hall–Kier alpha value is -2.29. The number of amides is 4. The third-order valence-electron chi connectivity index (χ3n) is 5.46. The normalized spacial score (nSPS) is 19.6. The topological polar surface area (TPSA) is 94.5 Å². The minimum atomic E-state index is -0.452. The minimum absolute atomic E-state index is 0.0581. The van der Waals surface area contributed by atoms with Crippen LogP contribution in [0.1, 0.15) is 31.4 Å². The van der Waals surface area contributed by atoms with Gasteiger partial charge >= 0.3 is 12.1 Å². The molecule has 7 nitrogen and oxygen atoms in total. The highest BCUT2D eigenvalue weighted by molar-refractivity contribution is 9.10. The Morgan fingerprint density at radius 1 is 1.32 bits per heavy atom. The Morgan fingerprint density at radius 3 is 2.82 bits per heavy atom. The first-order valence-electron chi connectivity index (χ1n) is 9.50. The molecular weight excluding hydrogens is 429 g/mol. The van der Waals surface area contributed by atoms with Crippen molar-refractivity contribution in [1.29, 1.82) is 0 Å². The molecule has 2 aromatic rings. The fraction of sp³-hybridized carbons (Fsp3) is 0.474. The molecule has 1 aliphatic heterocycles. The lowest BCUT2D eigenvalue weighted by Gasteiger charge is -2.39. The van der Waals surface area contributed by atoms with Crippen LogP contribution >= 0.6 is 15.9 Å². The monoisotopic (exact) mass is 451 g/mol. The van der Waals surface area contributed by atoms with E-state index in [1.54, 1.807) is 17.0 Å². The maximum absolute atomic E-state index is 14.7. The van der Waals surface area contributed by atoms with Crippen LogP contribution in [0.15, 0.2) is 22.7 Å². The summed E-state index contributed by atoms with van der Waals surface area (Å²) in [6.07, 6.45) is 3.56. The lowest BCUT2D eigenvalue weighted by atomic mass is 10.0. The average molecular weight is 452 g/mol. The number of benzene rings is 1. The van der Waals surface area contributed by atoms with Gasteiger partial charge in [0.1, 0.15) is 0 Å². The second-order valence-corrected chi connectivity index (χ2v) is 8.40. The molecule has 150 valence electrons. The van der Waals surface area contributed by atoms with Gasteiger partial charge in [0.15, 0.2) is 5.82 Å². The predicted octanol–water partition coefficient (Wildman–Crippen LogP) is 3.29. The van der Waals surface area contributed by atoms with Crippen molar-refractivity contribution in [2.24, 2.45) is 5.73 Å². The summed E-state index contributed by atoms with van der Waals surface area (Å²) in [5, 5.41) is 3.34. The van der Waals surface area contributed by atoms with E-state index in [4.69, 9.17) is 5.73 Å². The lowest BCUT2D eigenvalue weighted by molar-refractivity contribution is 0.118. The maximum Gasteiger partial charge on any atom is 0.318 e. The molecule has 2 fully saturated rings. The number of halogens is 2.